The molecule has 1 amide bonds. The van der Waals surface area contributed by atoms with Gasteiger partial charge in [-0.3, -0.25) is 4.79 Å². The zero-order valence-corrected chi connectivity index (χ0v) is 12.5. The number of amides is 1. The summed E-state index contributed by atoms with van der Waals surface area (Å²) >= 11 is 3.28. The van der Waals surface area contributed by atoms with E-state index in [1.807, 2.05) is 12.1 Å². The highest BCUT2D eigenvalue weighted by molar-refractivity contribution is 9.10. The van der Waals surface area contributed by atoms with Crippen molar-refractivity contribution in [1.82, 2.24) is 5.32 Å². The molecule has 0 aliphatic heterocycles. The molecule has 2 N–H and O–H groups in total. The van der Waals surface area contributed by atoms with Gasteiger partial charge in [-0.15, -0.1) is 0 Å². The number of carbonyl (C=O) groups is 1. The Morgan fingerprint density at radius 3 is 2.75 bits per heavy atom. The topological polar surface area (TPSA) is 41.1 Å². The van der Waals surface area contributed by atoms with Crippen molar-refractivity contribution in [2.75, 3.05) is 12.4 Å². The molecule has 0 atom stereocenters. The fraction of sp³-hybridized carbons (Fsp3) is 0.133. The standard InChI is InChI=1S/C15H14BrFN2O/c1-18-14-5-3-2-4-12(14)15(20)19-9-10-8-11(16)6-7-13(10)17/h2-8,18H,9H2,1H3,(H,19,20). The van der Waals surface area contributed by atoms with Crippen LogP contribution in [0.15, 0.2) is 46.9 Å². The number of carbonyl (C=O) groups excluding carboxylic acids is 1. The van der Waals surface area contributed by atoms with Gasteiger partial charge in [0.1, 0.15) is 5.82 Å². The van der Waals surface area contributed by atoms with Gasteiger partial charge >= 0.3 is 0 Å². The summed E-state index contributed by atoms with van der Waals surface area (Å²) < 4.78 is 14.4. The number of nitrogens with one attached hydrogen (secondary N) is 2. The molecule has 0 spiro atoms. The van der Waals surface area contributed by atoms with Crippen LogP contribution < -0.4 is 10.6 Å². The lowest BCUT2D eigenvalue weighted by Gasteiger charge is -2.10. The van der Waals surface area contributed by atoms with Crippen molar-refractivity contribution in [3.63, 3.8) is 0 Å². The monoisotopic (exact) mass is 336 g/mol. The molecule has 0 aliphatic carbocycles. The molecule has 0 fully saturated rings. The van der Waals surface area contributed by atoms with E-state index in [-0.39, 0.29) is 18.3 Å². The second kappa shape index (κ2) is 6.52. The Hall–Kier alpha value is -1.88. The van der Waals surface area contributed by atoms with E-state index in [2.05, 4.69) is 26.6 Å². The maximum atomic E-state index is 13.6. The molecule has 0 aliphatic rings. The van der Waals surface area contributed by atoms with Crippen molar-refractivity contribution in [1.29, 1.82) is 0 Å². The third kappa shape index (κ3) is 3.36. The molecule has 20 heavy (non-hydrogen) atoms. The summed E-state index contributed by atoms with van der Waals surface area (Å²) in [7, 11) is 1.75. The molecule has 2 rings (SSSR count). The van der Waals surface area contributed by atoms with Gasteiger partial charge in [0.15, 0.2) is 0 Å². The Labute approximate surface area is 125 Å². The molecular weight excluding hydrogens is 323 g/mol. The SMILES string of the molecule is CNc1ccccc1C(=O)NCc1cc(Br)ccc1F. The lowest BCUT2D eigenvalue weighted by molar-refractivity contribution is 0.0951. The second-order valence-corrected chi connectivity index (χ2v) is 5.13. The van der Waals surface area contributed by atoms with E-state index >= 15 is 0 Å². The third-order valence-corrected chi connectivity index (χ3v) is 3.38. The van der Waals surface area contributed by atoms with Gasteiger partial charge in [-0.2, -0.15) is 0 Å². The molecule has 0 bridgehead atoms. The number of benzene rings is 2. The molecule has 0 aromatic heterocycles. The van der Waals surface area contributed by atoms with Crippen LogP contribution in [0.5, 0.6) is 0 Å². The first-order valence-corrected chi connectivity index (χ1v) is 6.90. The summed E-state index contributed by atoms with van der Waals surface area (Å²) in [6.45, 7) is 0.141. The lowest BCUT2D eigenvalue weighted by atomic mass is 10.1. The lowest BCUT2D eigenvalue weighted by Crippen LogP contribution is -2.24. The maximum Gasteiger partial charge on any atom is 0.253 e. The van der Waals surface area contributed by atoms with Gasteiger partial charge < -0.3 is 10.6 Å². The number of hydrogen-bond donors (Lipinski definition) is 2. The average molecular weight is 337 g/mol. The smallest absolute Gasteiger partial charge is 0.253 e. The van der Waals surface area contributed by atoms with Crippen LogP contribution in [0, 0.1) is 5.82 Å². The zero-order valence-electron chi connectivity index (χ0n) is 10.9. The fourth-order valence-electron chi connectivity index (χ4n) is 1.85. The van der Waals surface area contributed by atoms with Crippen molar-refractivity contribution < 1.29 is 9.18 Å². The zero-order chi connectivity index (χ0) is 14.5. The molecule has 0 heterocycles. The minimum absolute atomic E-state index is 0.141. The van der Waals surface area contributed by atoms with Gasteiger partial charge in [0, 0.05) is 29.3 Å². The van der Waals surface area contributed by atoms with Gasteiger partial charge in [-0.05, 0) is 30.3 Å². The van der Waals surface area contributed by atoms with Crippen LogP contribution in [0.4, 0.5) is 10.1 Å². The Morgan fingerprint density at radius 2 is 2.00 bits per heavy atom. The summed E-state index contributed by atoms with van der Waals surface area (Å²) in [5.74, 6) is -0.579. The van der Waals surface area contributed by atoms with E-state index in [9.17, 15) is 9.18 Å². The molecule has 5 heteroatoms. The summed E-state index contributed by atoms with van der Waals surface area (Å²) in [6, 6.07) is 11.8. The highest BCUT2D eigenvalue weighted by atomic mass is 79.9. The van der Waals surface area contributed by atoms with Crippen molar-refractivity contribution in [2.45, 2.75) is 6.54 Å². The molecule has 0 saturated carbocycles. The first-order chi connectivity index (χ1) is 9.61. The Bertz CT molecular complexity index is 631. The quantitative estimate of drug-likeness (QED) is 0.896. The largest absolute Gasteiger partial charge is 0.387 e. The molecule has 2 aromatic carbocycles. The molecule has 2 aromatic rings. The van der Waals surface area contributed by atoms with Crippen molar-refractivity contribution >= 4 is 27.5 Å². The molecule has 104 valence electrons. The molecule has 3 nitrogen and oxygen atoms in total. The Kier molecular flexibility index (Phi) is 4.74. The van der Waals surface area contributed by atoms with Gasteiger partial charge in [0.25, 0.3) is 5.91 Å². The Balaban J connectivity index is 2.11. The first kappa shape index (κ1) is 14.5. The van der Waals surface area contributed by atoms with Crippen LogP contribution in [-0.2, 0) is 6.54 Å². The van der Waals surface area contributed by atoms with Crippen LogP contribution >= 0.6 is 15.9 Å². The number of halogens is 2. The van der Waals surface area contributed by atoms with Crippen LogP contribution in [0.1, 0.15) is 15.9 Å². The Morgan fingerprint density at radius 1 is 1.25 bits per heavy atom. The van der Waals surface area contributed by atoms with E-state index in [0.29, 0.717) is 11.1 Å². The average Bonchev–Trinajstić information content (AvgIpc) is 2.47. The molecule has 0 radical (unpaired) electrons. The van der Waals surface area contributed by atoms with Gasteiger partial charge in [-0.25, -0.2) is 4.39 Å². The first-order valence-electron chi connectivity index (χ1n) is 6.10. The number of hydrogen-bond acceptors (Lipinski definition) is 2. The van der Waals surface area contributed by atoms with Crippen LogP contribution in [0.3, 0.4) is 0 Å². The van der Waals surface area contributed by atoms with E-state index in [1.54, 1.807) is 31.3 Å². The molecule has 0 saturated heterocycles. The normalized spacial score (nSPS) is 10.2. The predicted octanol–water partition coefficient (Wildman–Crippen LogP) is 3.56. The van der Waals surface area contributed by atoms with E-state index in [1.165, 1.54) is 6.07 Å². The fourth-order valence-corrected chi connectivity index (χ4v) is 2.26. The van der Waals surface area contributed by atoms with Crippen molar-refractivity contribution in [3.8, 4) is 0 Å². The van der Waals surface area contributed by atoms with Crippen molar-refractivity contribution in [3.05, 3.63) is 63.9 Å². The maximum absolute atomic E-state index is 13.6. The predicted molar refractivity (Wildman–Crippen MR) is 81.3 cm³/mol. The minimum Gasteiger partial charge on any atom is -0.387 e. The van der Waals surface area contributed by atoms with Gasteiger partial charge in [-0.1, -0.05) is 28.1 Å². The molecular formula is C15H14BrFN2O. The van der Waals surface area contributed by atoms with Crippen LogP contribution in [-0.4, -0.2) is 13.0 Å². The van der Waals surface area contributed by atoms with Crippen molar-refractivity contribution in [2.24, 2.45) is 0 Å². The molecule has 0 unspecified atom stereocenters. The van der Waals surface area contributed by atoms with E-state index in [4.69, 9.17) is 0 Å². The second-order valence-electron chi connectivity index (χ2n) is 4.21. The summed E-state index contributed by atoms with van der Waals surface area (Å²) in [5.41, 5.74) is 1.71. The van der Waals surface area contributed by atoms with Gasteiger partial charge in [0.2, 0.25) is 0 Å². The summed E-state index contributed by atoms with van der Waals surface area (Å²) in [4.78, 5) is 12.1. The van der Waals surface area contributed by atoms with E-state index < -0.39 is 0 Å². The van der Waals surface area contributed by atoms with Crippen LogP contribution in [0.2, 0.25) is 0 Å². The number of anilines is 1. The highest BCUT2D eigenvalue weighted by Gasteiger charge is 2.10. The van der Waals surface area contributed by atoms with Gasteiger partial charge in [0.05, 0.1) is 5.56 Å². The summed E-state index contributed by atoms with van der Waals surface area (Å²) in [6.07, 6.45) is 0. The number of rotatable bonds is 4. The highest BCUT2D eigenvalue weighted by Crippen LogP contribution is 2.17. The number of para-hydroxylation sites is 1. The van der Waals surface area contributed by atoms with Crippen LogP contribution in [0.25, 0.3) is 0 Å². The van der Waals surface area contributed by atoms with E-state index in [0.717, 1.165) is 10.2 Å². The third-order valence-electron chi connectivity index (χ3n) is 2.89. The minimum atomic E-state index is -0.338. The summed E-state index contributed by atoms with van der Waals surface area (Å²) in [5, 5.41) is 5.67.